The van der Waals surface area contributed by atoms with Gasteiger partial charge in [-0.25, -0.2) is 0 Å². The Hall–Kier alpha value is -2.60. The van der Waals surface area contributed by atoms with Crippen LogP contribution in [-0.2, 0) is 16.0 Å². The van der Waals surface area contributed by atoms with E-state index in [9.17, 15) is 9.59 Å². The molecule has 1 aliphatic heterocycles. The first kappa shape index (κ1) is 21.6. The highest BCUT2D eigenvalue weighted by Gasteiger charge is 2.58. The molecule has 7 heteroatoms. The molecule has 1 saturated carbocycles. The van der Waals surface area contributed by atoms with E-state index in [-0.39, 0.29) is 23.1 Å². The van der Waals surface area contributed by atoms with Crippen LogP contribution in [0, 0.1) is 11.3 Å². The van der Waals surface area contributed by atoms with E-state index < -0.39 is 6.10 Å². The molecule has 4 rings (SSSR count). The highest BCUT2D eigenvalue weighted by atomic mass is 35.5. The average Bonchev–Trinajstić information content (AvgIpc) is 3.47. The van der Waals surface area contributed by atoms with Crippen molar-refractivity contribution in [2.45, 2.75) is 38.7 Å². The molecule has 2 fully saturated rings. The summed E-state index contributed by atoms with van der Waals surface area (Å²) in [6, 6.07) is 12.9. The van der Waals surface area contributed by atoms with E-state index in [0.29, 0.717) is 30.4 Å². The minimum Gasteiger partial charge on any atom is -0.481 e. The lowest BCUT2D eigenvalue weighted by Crippen LogP contribution is -2.46. The number of piperidine rings is 1. The van der Waals surface area contributed by atoms with E-state index >= 15 is 0 Å². The van der Waals surface area contributed by atoms with Crippen LogP contribution in [0.4, 0.5) is 0 Å². The van der Waals surface area contributed by atoms with Gasteiger partial charge in [0.2, 0.25) is 5.91 Å². The summed E-state index contributed by atoms with van der Waals surface area (Å²) in [7, 11) is 0. The van der Waals surface area contributed by atoms with Gasteiger partial charge in [0.1, 0.15) is 5.75 Å². The average molecular weight is 442 g/mol. The maximum Gasteiger partial charge on any atom is 0.263 e. The first-order valence-corrected chi connectivity index (χ1v) is 11.2. The molecule has 1 spiro atoms. The highest BCUT2D eigenvalue weighted by molar-refractivity contribution is 6.30. The second-order valence-corrected chi connectivity index (χ2v) is 8.96. The molecule has 2 amide bonds. The molecule has 1 N–H and O–H groups in total. The number of benzene rings is 1. The summed E-state index contributed by atoms with van der Waals surface area (Å²) in [6.07, 6.45) is 4.57. The summed E-state index contributed by atoms with van der Waals surface area (Å²) in [5.74, 6) is 0.764. The molecule has 2 aromatic rings. The van der Waals surface area contributed by atoms with Crippen molar-refractivity contribution in [1.29, 1.82) is 0 Å². The van der Waals surface area contributed by atoms with Gasteiger partial charge in [-0.05, 0) is 61.9 Å². The SMILES string of the molecule is C[C@H](Oc1cccc(Cl)c1)C(=O)N1CCC2(CC1)C[C@H]2C(=O)NCCc1ccccn1. The van der Waals surface area contributed by atoms with Crippen LogP contribution < -0.4 is 10.1 Å². The maximum absolute atomic E-state index is 12.8. The van der Waals surface area contributed by atoms with Gasteiger partial charge < -0.3 is 15.0 Å². The van der Waals surface area contributed by atoms with Gasteiger partial charge in [0, 0.05) is 48.9 Å². The van der Waals surface area contributed by atoms with Crippen molar-refractivity contribution < 1.29 is 14.3 Å². The van der Waals surface area contributed by atoms with Crippen LogP contribution in [0.5, 0.6) is 5.75 Å². The minimum absolute atomic E-state index is 0.0214. The second-order valence-electron chi connectivity index (χ2n) is 8.52. The molecule has 1 aromatic carbocycles. The zero-order valence-electron chi connectivity index (χ0n) is 17.7. The second kappa shape index (κ2) is 9.27. The van der Waals surface area contributed by atoms with Crippen molar-refractivity contribution >= 4 is 23.4 Å². The fourth-order valence-corrected chi connectivity index (χ4v) is 4.66. The van der Waals surface area contributed by atoms with Crippen molar-refractivity contribution in [1.82, 2.24) is 15.2 Å². The summed E-state index contributed by atoms with van der Waals surface area (Å²) in [5.41, 5.74) is 1.04. The zero-order chi connectivity index (χ0) is 21.8. The molecule has 6 nitrogen and oxygen atoms in total. The van der Waals surface area contributed by atoms with Gasteiger partial charge in [-0.15, -0.1) is 0 Å². The number of aromatic nitrogens is 1. The van der Waals surface area contributed by atoms with Crippen molar-refractivity contribution in [3.05, 3.63) is 59.4 Å². The standard InChI is InChI=1S/C24H28ClN3O3/c1-17(31-20-7-4-5-18(25)15-20)23(30)28-13-9-24(10-14-28)16-21(24)22(29)27-12-8-19-6-2-3-11-26-19/h2-7,11,15,17,21H,8-10,12-14,16H2,1H3,(H,27,29)/t17-,21-/m0/s1. The normalized spacial score (nSPS) is 20.2. The molecule has 0 radical (unpaired) electrons. The quantitative estimate of drug-likeness (QED) is 0.713. The summed E-state index contributed by atoms with van der Waals surface area (Å²) in [5, 5.41) is 3.64. The predicted molar refractivity (Wildman–Crippen MR) is 119 cm³/mol. The number of nitrogens with one attached hydrogen (secondary N) is 1. The van der Waals surface area contributed by atoms with Gasteiger partial charge in [-0.2, -0.15) is 0 Å². The largest absolute Gasteiger partial charge is 0.481 e. The Balaban J connectivity index is 1.21. The van der Waals surface area contributed by atoms with Gasteiger partial charge in [0.25, 0.3) is 5.91 Å². The van der Waals surface area contributed by atoms with E-state index in [2.05, 4.69) is 10.3 Å². The predicted octanol–water partition coefficient (Wildman–Crippen LogP) is 3.49. The van der Waals surface area contributed by atoms with E-state index in [0.717, 1.165) is 31.4 Å². The summed E-state index contributed by atoms with van der Waals surface area (Å²) < 4.78 is 5.77. The lowest BCUT2D eigenvalue weighted by molar-refractivity contribution is -0.139. The summed E-state index contributed by atoms with van der Waals surface area (Å²) >= 11 is 5.99. The van der Waals surface area contributed by atoms with Crippen LogP contribution in [0.25, 0.3) is 0 Å². The Morgan fingerprint density at radius 1 is 1.26 bits per heavy atom. The number of hydrogen-bond donors (Lipinski definition) is 1. The molecular formula is C24H28ClN3O3. The molecule has 2 heterocycles. The molecule has 2 atom stereocenters. The monoisotopic (exact) mass is 441 g/mol. The van der Waals surface area contributed by atoms with E-state index in [1.165, 1.54) is 0 Å². The molecule has 1 aromatic heterocycles. The zero-order valence-corrected chi connectivity index (χ0v) is 18.5. The van der Waals surface area contributed by atoms with Gasteiger partial charge >= 0.3 is 0 Å². The molecule has 2 aliphatic rings. The fourth-order valence-electron chi connectivity index (χ4n) is 4.48. The Kier molecular flexibility index (Phi) is 6.46. The molecular weight excluding hydrogens is 414 g/mol. The molecule has 0 unspecified atom stereocenters. The van der Waals surface area contributed by atoms with Crippen molar-refractivity contribution in [2.75, 3.05) is 19.6 Å². The number of nitrogens with zero attached hydrogens (tertiary/aromatic N) is 2. The van der Waals surface area contributed by atoms with Crippen LogP contribution in [-0.4, -0.2) is 47.4 Å². The number of hydrogen-bond acceptors (Lipinski definition) is 4. The van der Waals surface area contributed by atoms with Gasteiger partial charge in [-0.1, -0.05) is 23.7 Å². The van der Waals surface area contributed by atoms with Gasteiger partial charge in [0.05, 0.1) is 0 Å². The summed E-state index contributed by atoms with van der Waals surface area (Å²) in [4.78, 5) is 31.5. The lowest BCUT2D eigenvalue weighted by atomic mass is 9.90. The lowest BCUT2D eigenvalue weighted by Gasteiger charge is -2.34. The van der Waals surface area contributed by atoms with Crippen molar-refractivity contribution in [3.8, 4) is 5.75 Å². The number of carbonyl (C=O) groups is 2. The number of likely N-dealkylation sites (tertiary alicyclic amines) is 1. The first-order chi connectivity index (χ1) is 15.0. The van der Waals surface area contributed by atoms with Crippen LogP contribution >= 0.6 is 11.6 Å². The van der Waals surface area contributed by atoms with Crippen molar-refractivity contribution in [3.63, 3.8) is 0 Å². The fraction of sp³-hybridized carbons (Fsp3) is 0.458. The third-order valence-electron chi connectivity index (χ3n) is 6.44. The Morgan fingerprint density at radius 3 is 2.77 bits per heavy atom. The number of carbonyl (C=O) groups excluding carboxylic acids is 2. The van der Waals surface area contributed by atoms with Crippen molar-refractivity contribution in [2.24, 2.45) is 11.3 Å². The number of pyridine rings is 1. The Bertz CT molecular complexity index is 929. The molecule has 164 valence electrons. The Labute approximate surface area is 187 Å². The molecule has 0 bridgehead atoms. The minimum atomic E-state index is -0.572. The van der Waals surface area contributed by atoms with Crippen LogP contribution in [0.3, 0.4) is 0 Å². The number of rotatable bonds is 7. The topological polar surface area (TPSA) is 71.5 Å². The number of amides is 2. The van der Waals surface area contributed by atoms with Crippen LogP contribution in [0.1, 0.15) is 31.9 Å². The summed E-state index contributed by atoms with van der Waals surface area (Å²) in [6.45, 7) is 3.70. The third kappa shape index (κ3) is 5.18. The van der Waals surface area contributed by atoms with Crippen LogP contribution in [0.15, 0.2) is 48.7 Å². The number of halogens is 1. The van der Waals surface area contributed by atoms with E-state index in [4.69, 9.17) is 16.3 Å². The van der Waals surface area contributed by atoms with E-state index in [1.807, 2.05) is 23.1 Å². The van der Waals surface area contributed by atoms with E-state index in [1.54, 1.807) is 37.4 Å². The number of ether oxygens (including phenoxy) is 1. The van der Waals surface area contributed by atoms with Gasteiger partial charge in [-0.3, -0.25) is 14.6 Å². The smallest absolute Gasteiger partial charge is 0.263 e. The molecule has 1 saturated heterocycles. The molecule has 1 aliphatic carbocycles. The highest BCUT2D eigenvalue weighted by Crippen LogP contribution is 2.59. The Morgan fingerprint density at radius 2 is 2.06 bits per heavy atom. The third-order valence-corrected chi connectivity index (χ3v) is 6.68. The first-order valence-electron chi connectivity index (χ1n) is 10.9. The molecule has 31 heavy (non-hydrogen) atoms. The van der Waals surface area contributed by atoms with Crippen LogP contribution in [0.2, 0.25) is 5.02 Å². The maximum atomic E-state index is 12.8. The van der Waals surface area contributed by atoms with Gasteiger partial charge in [0.15, 0.2) is 6.10 Å².